The SMILES string of the molecule is CCn1ccnc1C1CCCN(c2nc(C)ccc2C(=O)O)C1. The zero-order valence-electron chi connectivity index (χ0n) is 13.6. The summed E-state index contributed by atoms with van der Waals surface area (Å²) in [6, 6.07) is 3.40. The Hall–Kier alpha value is -2.37. The van der Waals surface area contributed by atoms with Gasteiger partial charge in [-0.3, -0.25) is 0 Å². The number of piperidine rings is 1. The second-order valence-corrected chi connectivity index (χ2v) is 5.99. The number of carbonyl (C=O) groups is 1. The van der Waals surface area contributed by atoms with Crippen LogP contribution in [0.1, 0.15) is 47.6 Å². The highest BCUT2D eigenvalue weighted by Crippen LogP contribution is 2.30. The van der Waals surface area contributed by atoms with E-state index in [1.807, 2.05) is 19.3 Å². The summed E-state index contributed by atoms with van der Waals surface area (Å²) in [4.78, 5) is 22.6. The van der Waals surface area contributed by atoms with Gasteiger partial charge in [-0.05, 0) is 38.8 Å². The summed E-state index contributed by atoms with van der Waals surface area (Å²) < 4.78 is 2.16. The van der Waals surface area contributed by atoms with Crippen LogP contribution < -0.4 is 4.90 Å². The van der Waals surface area contributed by atoms with Gasteiger partial charge in [0.15, 0.2) is 0 Å². The quantitative estimate of drug-likeness (QED) is 0.939. The second-order valence-electron chi connectivity index (χ2n) is 5.99. The number of carboxylic acids is 1. The molecular formula is C17H22N4O2. The van der Waals surface area contributed by atoms with Gasteiger partial charge in [-0.2, -0.15) is 0 Å². The predicted octanol–water partition coefficient (Wildman–Crippen LogP) is 2.69. The molecular weight excluding hydrogens is 292 g/mol. The Labute approximate surface area is 135 Å². The van der Waals surface area contributed by atoms with Crippen LogP contribution in [0.3, 0.4) is 0 Å². The maximum Gasteiger partial charge on any atom is 0.339 e. The smallest absolute Gasteiger partial charge is 0.339 e. The highest BCUT2D eigenvalue weighted by atomic mass is 16.4. The van der Waals surface area contributed by atoms with Crippen molar-refractivity contribution in [2.75, 3.05) is 18.0 Å². The molecule has 0 radical (unpaired) electrons. The van der Waals surface area contributed by atoms with Crippen LogP contribution in [0, 0.1) is 6.92 Å². The Balaban J connectivity index is 1.90. The molecule has 2 aromatic heterocycles. The summed E-state index contributed by atoms with van der Waals surface area (Å²) in [6.07, 6.45) is 5.92. The van der Waals surface area contributed by atoms with Crippen molar-refractivity contribution in [3.8, 4) is 0 Å². The summed E-state index contributed by atoms with van der Waals surface area (Å²) >= 11 is 0. The average Bonchev–Trinajstić information content (AvgIpc) is 3.03. The molecule has 0 spiro atoms. The van der Waals surface area contributed by atoms with E-state index < -0.39 is 5.97 Å². The normalized spacial score (nSPS) is 18.2. The lowest BCUT2D eigenvalue weighted by atomic mass is 9.96. The largest absolute Gasteiger partial charge is 0.478 e. The Morgan fingerprint density at radius 3 is 3.00 bits per heavy atom. The second kappa shape index (κ2) is 6.40. The summed E-state index contributed by atoms with van der Waals surface area (Å²) in [6.45, 7) is 6.49. The Kier molecular flexibility index (Phi) is 4.32. The lowest BCUT2D eigenvalue weighted by molar-refractivity contribution is 0.0697. The van der Waals surface area contributed by atoms with E-state index >= 15 is 0 Å². The third-order valence-electron chi connectivity index (χ3n) is 4.42. The van der Waals surface area contributed by atoms with Crippen LogP contribution in [0.5, 0.6) is 0 Å². The van der Waals surface area contributed by atoms with Gasteiger partial charge in [0.05, 0.1) is 0 Å². The fourth-order valence-corrected chi connectivity index (χ4v) is 3.28. The molecule has 2 aromatic rings. The molecule has 1 N–H and O–H groups in total. The number of imidazole rings is 1. The van der Waals surface area contributed by atoms with Gasteiger partial charge in [0.25, 0.3) is 0 Å². The maximum atomic E-state index is 11.5. The molecule has 0 amide bonds. The van der Waals surface area contributed by atoms with E-state index in [1.54, 1.807) is 12.1 Å². The Morgan fingerprint density at radius 2 is 2.26 bits per heavy atom. The van der Waals surface area contributed by atoms with Crippen LogP contribution >= 0.6 is 0 Å². The first kappa shape index (κ1) is 15.5. The molecule has 0 aromatic carbocycles. The molecule has 0 saturated carbocycles. The number of hydrogen-bond donors (Lipinski definition) is 1. The lowest BCUT2D eigenvalue weighted by Gasteiger charge is -2.34. The van der Waals surface area contributed by atoms with Gasteiger partial charge in [0.2, 0.25) is 0 Å². The number of hydrogen-bond acceptors (Lipinski definition) is 4. The molecule has 1 unspecified atom stereocenters. The topological polar surface area (TPSA) is 71.2 Å². The number of rotatable bonds is 4. The molecule has 0 bridgehead atoms. The molecule has 1 saturated heterocycles. The summed E-state index contributed by atoms with van der Waals surface area (Å²) in [5.41, 5.74) is 1.11. The van der Waals surface area contributed by atoms with E-state index in [2.05, 4.69) is 26.4 Å². The van der Waals surface area contributed by atoms with Crippen molar-refractivity contribution < 1.29 is 9.90 Å². The van der Waals surface area contributed by atoms with Crippen molar-refractivity contribution in [2.24, 2.45) is 0 Å². The minimum absolute atomic E-state index is 0.273. The van der Waals surface area contributed by atoms with Crippen molar-refractivity contribution in [1.82, 2.24) is 14.5 Å². The highest BCUT2D eigenvalue weighted by molar-refractivity contribution is 5.93. The molecule has 23 heavy (non-hydrogen) atoms. The first-order valence-corrected chi connectivity index (χ1v) is 8.07. The Morgan fingerprint density at radius 1 is 1.43 bits per heavy atom. The predicted molar refractivity (Wildman–Crippen MR) is 88.0 cm³/mol. The van der Waals surface area contributed by atoms with E-state index in [0.29, 0.717) is 11.7 Å². The number of pyridine rings is 1. The van der Waals surface area contributed by atoms with E-state index in [9.17, 15) is 9.90 Å². The molecule has 122 valence electrons. The van der Waals surface area contributed by atoms with Crippen LogP contribution in [0.15, 0.2) is 24.5 Å². The molecule has 6 heteroatoms. The van der Waals surface area contributed by atoms with Crippen LogP contribution in [0.2, 0.25) is 0 Å². The van der Waals surface area contributed by atoms with Gasteiger partial charge >= 0.3 is 5.97 Å². The third kappa shape index (κ3) is 3.06. The molecule has 1 atom stereocenters. The Bertz CT molecular complexity index is 710. The fourth-order valence-electron chi connectivity index (χ4n) is 3.28. The van der Waals surface area contributed by atoms with Crippen LogP contribution in [-0.2, 0) is 6.54 Å². The van der Waals surface area contributed by atoms with Gasteiger partial charge in [-0.25, -0.2) is 14.8 Å². The third-order valence-corrected chi connectivity index (χ3v) is 4.42. The number of aryl methyl sites for hydroxylation is 2. The lowest BCUT2D eigenvalue weighted by Crippen LogP contribution is -2.37. The van der Waals surface area contributed by atoms with Gasteiger partial charge in [0, 0.05) is 43.6 Å². The highest BCUT2D eigenvalue weighted by Gasteiger charge is 2.27. The van der Waals surface area contributed by atoms with E-state index in [1.165, 1.54) is 0 Å². The van der Waals surface area contributed by atoms with Crippen molar-refractivity contribution in [3.63, 3.8) is 0 Å². The number of nitrogens with zero attached hydrogens (tertiary/aromatic N) is 4. The van der Waals surface area contributed by atoms with E-state index in [4.69, 9.17) is 0 Å². The molecule has 1 aliphatic rings. The zero-order valence-corrected chi connectivity index (χ0v) is 13.6. The van der Waals surface area contributed by atoms with Crippen molar-refractivity contribution >= 4 is 11.8 Å². The van der Waals surface area contributed by atoms with Crippen molar-refractivity contribution in [2.45, 2.75) is 39.2 Å². The molecule has 6 nitrogen and oxygen atoms in total. The monoisotopic (exact) mass is 314 g/mol. The minimum Gasteiger partial charge on any atom is -0.478 e. The number of aromatic carboxylic acids is 1. The summed E-state index contributed by atoms with van der Waals surface area (Å²) in [7, 11) is 0. The first-order valence-electron chi connectivity index (χ1n) is 8.07. The molecule has 3 heterocycles. The van der Waals surface area contributed by atoms with Crippen LogP contribution in [0.25, 0.3) is 0 Å². The van der Waals surface area contributed by atoms with Gasteiger partial charge in [-0.1, -0.05) is 0 Å². The van der Waals surface area contributed by atoms with Crippen LogP contribution in [0.4, 0.5) is 5.82 Å². The standard InChI is InChI=1S/C17H22N4O2/c1-3-20-10-8-18-15(20)13-5-4-9-21(11-13)16-14(17(22)23)7-6-12(2)19-16/h6-8,10,13H,3-5,9,11H2,1-2H3,(H,22,23). The van der Waals surface area contributed by atoms with Gasteiger partial charge in [-0.15, -0.1) is 0 Å². The molecule has 3 rings (SSSR count). The number of aromatic nitrogens is 3. The average molecular weight is 314 g/mol. The molecule has 1 fully saturated rings. The van der Waals surface area contributed by atoms with Crippen molar-refractivity contribution in [1.29, 1.82) is 0 Å². The van der Waals surface area contributed by atoms with E-state index in [-0.39, 0.29) is 5.56 Å². The fraction of sp³-hybridized carbons (Fsp3) is 0.471. The molecule has 1 aliphatic heterocycles. The maximum absolute atomic E-state index is 11.5. The van der Waals surface area contributed by atoms with Crippen molar-refractivity contribution in [3.05, 3.63) is 41.6 Å². The van der Waals surface area contributed by atoms with Gasteiger partial charge < -0.3 is 14.6 Å². The van der Waals surface area contributed by atoms with Gasteiger partial charge in [0.1, 0.15) is 17.2 Å². The minimum atomic E-state index is -0.926. The van der Waals surface area contributed by atoms with Crippen LogP contribution in [-0.4, -0.2) is 38.7 Å². The molecule has 0 aliphatic carbocycles. The first-order chi connectivity index (χ1) is 11.1. The summed E-state index contributed by atoms with van der Waals surface area (Å²) in [5.74, 6) is 1.05. The number of carboxylic acid groups (broad SMARTS) is 1. The van der Waals surface area contributed by atoms with E-state index in [0.717, 1.165) is 44.0 Å². The number of anilines is 1. The zero-order chi connectivity index (χ0) is 16.4. The summed E-state index contributed by atoms with van der Waals surface area (Å²) in [5, 5.41) is 9.44.